The van der Waals surface area contributed by atoms with Gasteiger partial charge >= 0.3 is 5.63 Å². The highest BCUT2D eigenvalue weighted by Crippen LogP contribution is 2.17. The number of fused-ring (bicyclic) bond motifs is 1. The predicted octanol–water partition coefficient (Wildman–Crippen LogP) is 0.317. The fourth-order valence-electron chi connectivity index (χ4n) is 1.05. The smallest absolute Gasteiger partial charge is 0.336 e. The normalized spacial score (nSPS) is 9.29. The second-order valence-corrected chi connectivity index (χ2v) is 2.48. The van der Waals surface area contributed by atoms with Crippen LogP contribution in [-0.4, -0.2) is 5.11 Å². The van der Waals surface area contributed by atoms with Gasteiger partial charge in [0, 0.05) is 17.5 Å². The molecule has 0 aliphatic rings. The summed E-state index contributed by atoms with van der Waals surface area (Å²) in [6.07, 6.45) is 0. The number of aromatic hydroxyl groups is 1. The van der Waals surface area contributed by atoms with Gasteiger partial charge < -0.3 is 9.52 Å². The van der Waals surface area contributed by atoms with Crippen molar-refractivity contribution >= 4 is 11.0 Å². The van der Waals surface area contributed by atoms with Crippen molar-refractivity contribution in [2.24, 2.45) is 11.7 Å². The Morgan fingerprint density at radius 1 is 1.14 bits per heavy atom. The van der Waals surface area contributed by atoms with E-state index in [1.165, 1.54) is 12.1 Å². The van der Waals surface area contributed by atoms with Crippen LogP contribution in [0.3, 0.4) is 0 Å². The topological polar surface area (TPSA) is 102 Å². The molecule has 0 aliphatic carbocycles. The molecule has 0 spiro atoms. The maximum absolute atomic E-state index is 10.7. The van der Waals surface area contributed by atoms with E-state index in [1.807, 2.05) is 0 Å². The number of phenolic OH excluding ortho intramolecular Hbond substituents is 1. The maximum Gasteiger partial charge on any atom is 0.336 e. The standard InChI is InChI=1S/C9H6O3.H4N2/c10-7-3-1-6-2-4-9(11)12-8(6)5-7;1-2/h1-5,10H;1-2H2. The summed E-state index contributed by atoms with van der Waals surface area (Å²) in [7, 11) is 0. The summed E-state index contributed by atoms with van der Waals surface area (Å²) in [4.78, 5) is 10.7. The van der Waals surface area contributed by atoms with Gasteiger partial charge in [0.15, 0.2) is 0 Å². The van der Waals surface area contributed by atoms with E-state index in [1.54, 1.807) is 18.2 Å². The van der Waals surface area contributed by atoms with Crippen LogP contribution < -0.4 is 17.3 Å². The fourth-order valence-corrected chi connectivity index (χ4v) is 1.05. The zero-order valence-electron chi connectivity index (χ0n) is 7.31. The van der Waals surface area contributed by atoms with Gasteiger partial charge in [0.1, 0.15) is 11.3 Å². The predicted molar refractivity (Wildman–Crippen MR) is 52.5 cm³/mol. The summed E-state index contributed by atoms with van der Waals surface area (Å²) in [6.45, 7) is 0. The molecule has 74 valence electrons. The molecule has 0 aliphatic heterocycles. The van der Waals surface area contributed by atoms with E-state index in [2.05, 4.69) is 11.7 Å². The molecule has 0 saturated heterocycles. The van der Waals surface area contributed by atoms with Crippen LogP contribution in [-0.2, 0) is 0 Å². The zero-order chi connectivity index (χ0) is 10.6. The Balaban J connectivity index is 0.000000461. The average molecular weight is 194 g/mol. The molecule has 1 aromatic heterocycles. The number of nitrogens with two attached hydrogens (primary N) is 2. The van der Waals surface area contributed by atoms with Crippen LogP contribution in [0.5, 0.6) is 5.75 Å². The van der Waals surface area contributed by atoms with E-state index in [0.717, 1.165) is 5.39 Å². The molecule has 1 aromatic carbocycles. The molecule has 0 unspecified atom stereocenters. The monoisotopic (exact) mass is 194 g/mol. The first-order valence-corrected chi connectivity index (χ1v) is 3.82. The highest BCUT2D eigenvalue weighted by atomic mass is 16.4. The van der Waals surface area contributed by atoms with Gasteiger partial charge in [-0.3, -0.25) is 11.7 Å². The van der Waals surface area contributed by atoms with Gasteiger partial charge in [0.2, 0.25) is 0 Å². The Hall–Kier alpha value is -1.85. The van der Waals surface area contributed by atoms with Crippen LogP contribution in [0.25, 0.3) is 11.0 Å². The lowest BCUT2D eigenvalue weighted by Crippen LogP contribution is -2.02. The largest absolute Gasteiger partial charge is 0.508 e. The number of rotatable bonds is 0. The third-order valence-corrected chi connectivity index (χ3v) is 1.61. The van der Waals surface area contributed by atoms with Crippen LogP contribution in [0.2, 0.25) is 0 Å². The van der Waals surface area contributed by atoms with E-state index in [0.29, 0.717) is 5.58 Å². The van der Waals surface area contributed by atoms with Crippen molar-refractivity contribution < 1.29 is 9.52 Å². The summed E-state index contributed by atoms with van der Waals surface area (Å²) in [5.41, 5.74) is -0.00407. The second-order valence-electron chi connectivity index (χ2n) is 2.48. The van der Waals surface area contributed by atoms with E-state index in [-0.39, 0.29) is 5.75 Å². The summed E-state index contributed by atoms with van der Waals surface area (Å²) in [5, 5.41) is 9.86. The van der Waals surface area contributed by atoms with Gasteiger partial charge in [0.25, 0.3) is 0 Å². The van der Waals surface area contributed by atoms with Crippen molar-refractivity contribution in [3.63, 3.8) is 0 Å². The minimum Gasteiger partial charge on any atom is -0.508 e. The summed E-state index contributed by atoms with van der Waals surface area (Å²) in [6, 6.07) is 7.65. The molecule has 0 bridgehead atoms. The van der Waals surface area contributed by atoms with Crippen molar-refractivity contribution in [3.05, 3.63) is 40.8 Å². The van der Waals surface area contributed by atoms with Crippen molar-refractivity contribution in [2.45, 2.75) is 0 Å². The molecule has 2 rings (SSSR count). The van der Waals surface area contributed by atoms with Crippen LogP contribution in [0, 0.1) is 0 Å². The molecule has 0 saturated carbocycles. The lowest BCUT2D eigenvalue weighted by molar-refractivity contribution is 0.473. The van der Waals surface area contributed by atoms with Crippen molar-refractivity contribution in [1.82, 2.24) is 0 Å². The molecule has 5 nitrogen and oxygen atoms in total. The minimum atomic E-state index is -0.409. The van der Waals surface area contributed by atoms with Crippen LogP contribution in [0.15, 0.2) is 39.5 Å². The van der Waals surface area contributed by atoms with Gasteiger partial charge in [-0.25, -0.2) is 4.79 Å². The van der Waals surface area contributed by atoms with Crippen molar-refractivity contribution in [1.29, 1.82) is 0 Å². The molecule has 0 radical (unpaired) electrons. The molecule has 1 heterocycles. The number of hydrogen-bond donors (Lipinski definition) is 3. The molecule has 0 fully saturated rings. The van der Waals surface area contributed by atoms with Gasteiger partial charge in [-0.1, -0.05) is 0 Å². The summed E-state index contributed by atoms with van der Waals surface area (Å²) < 4.78 is 4.83. The first-order valence-electron chi connectivity index (χ1n) is 3.82. The van der Waals surface area contributed by atoms with Gasteiger partial charge in [-0.15, -0.1) is 0 Å². The average Bonchev–Trinajstić information content (AvgIpc) is 2.20. The van der Waals surface area contributed by atoms with Crippen LogP contribution in [0.1, 0.15) is 0 Å². The molecule has 0 amide bonds. The van der Waals surface area contributed by atoms with Crippen molar-refractivity contribution in [2.75, 3.05) is 0 Å². The van der Waals surface area contributed by atoms with Crippen LogP contribution >= 0.6 is 0 Å². The SMILES string of the molecule is NN.O=c1ccc2ccc(O)cc2o1. The van der Waals surface area contributed by atoms with E-state index in [9.17, 15) is 4.79 Å². The van der Waals surface area contributed by atoms with Crippen LogP contribution in [0.4, 0.5) is 0 Å². The number of benzene rings is 1. The highest BCUT2D eigenvalue weighted by molar-refractivity contribution is 5.77. The van der Waals surface area contributed by atoms with E-state index >= 15 is 0 Å². The van der Waals surface area contributed by atoms with Gasteiger partial charge in [-0.2, -0.15) is 0 Å². The molecule has 0 atom stereocenters. The Morgan fingerprint density at radius 2 is 1.79 bits per heavy atom. The summed E-state index contributed by atoms with van der Waals surface area (Å²) in [5.74, 6) is 8.09. The van der Waals surface area contributed by atoms with Gasteiger partial charge in [0.05, 0.1) is 0 Å². The first-order chi connectivity index (χ1) is 6.75. The fraction of sp³-hybridized carbons (Fsp3) is 0. The number of hydrogen-bond acceptors (Lipinski definition) is 5. The lowest BCUT2D eigenvalue weighted by Gasteiger charge is -1.94. The molecular weight excluding hydrogens is 184 g/mol. The summed E-state index contributed by atoms with van der Waals surface area (Å²) >= 11 is 0. The first kappa shape index (κ1) is 10.2. The molecule has 5 heteroatoms. The molecule has 14 heavy (non-hydrogen) atoms. The minimum absolute atomic E-state index is 0.0943. The van der Waals surface area contributed by atoms with E-state index in [4.69, 9.17) is 9.52 Å². The Morgan fingerprint density at radius 3 is 2.50 bits per heavy atom. The van der Waals surface area contributed by atoms with Gasteiger partial charge in [-0.05, 0) is 18.2 Å². The molecule has 2 aromatic rings. The third-order valence-electron chi connectivity index (χ3n) is 1.61. The quantitative estimate of drug-likeness (QED) is 0.318. The van der Waals surface area contributed by atoms with Crippen molar-refractivity contribution in [3.8, 4) is 5.75 Å². The third kappa shape index (κ3) is 2.09. The maximum atomic E-state index is 10.7. The zero-order valence-corrected chi connectivity index (χ0v) is 7.31. The molecular formula is C9H10N2O3. The highest BCUT2D eigenvalue weighted by Gasteiger charge is 1.96. The second kappa shape index (κ2) is 4.40. The Kier molecular flexibility index (Phi) is 3.22. The number of phenols is 1. The Bertz CT molecular complexity index is 479. The lowest BCUT2D eigenvalue weighted by atomic mass is 10.2. The van der Waals surface area contributed by atoms with E-state index < -0.39 is 5.63 Å². The Labute approximate surface area is 79.5 Å². The number of hydrazine groups is 1. The molecule has 5 N–H and O–H groups in total.